The van der Waals surface area contributed by atoms with Crippen LogP contribution in [-0.2, 0) is 4.74 Å². The quantitative estimate of drug-likeness (QED) is 0.565. The van der Waals surface area contributed by atoms with E-state index in [4.69, 9.17) is 4.74 Å². The Morgan fingerprint density at radius 2 is 1.93 bits per heavy atom. The summed E-state index contributed by atoms with van der Waals surface area (Å²) in [6.45, 7) is 14.1. The van der Waals surface area contributed by atoms with Gasteiger partial charge in [-0.25, -0.2) is 4.79 Å². The van der Waals surface area contributed by atoms with E-state index in [1.807, 2.05) is 27.8 Å². The van der Waals surface area contributed by atoms with Crippen molar-refractivity contribution in [1.29, 1.82) is 0 Å². The molecule has 2 saturated heterocycles. The maximum Gasteiger partial charge on any atom is 0.407 e. The standard InChI is InChI=1S/C20H39N5O2/c1-16(14-24-10-7-6-8-11-24)13-22-18(21-5)25-12-9-17(15-25)23-19(26)27-20(2,3)4/h16-17H,6-15H2,1-5H3,(H,21,22)(H,23,26). The van der Waals surface area contributed by atoms with E-state index >= 15 is 0 Å². The molecule has 0 aliphatic carbocycles. The SMILES string of the molecule is CN=C(NCC(C)CN1CCCCC1)N1CCC(NC(=O)OC(C)(C)C)C1. The summed E-state index contributed by atoms with van der Waals surface area (Å²) in [4.78, 5) is 21.2. The molecule has 7 heteroatoms. The van der Waals surface area contributed by atoms with Crippen molar-refractivity contribution in [2.75, 3.05) is 46.3 Å². The van der Waals surface area contributed by atoms with Gasteiger partial charge in [0.1, 0.15) is 5.60 Å². The Labute approximate surface area is 164 Å². The van der Waals surface area contributed by atoms with E-state index in [2.05, 4.69) is 32.3 Å². The van der Waals surface area contributed by atoms with Crippen molar-refractivity contribution in [1.82, 2.24) is 20.4 Å². The number of piperidine rings is 1. The van der Waals surface area contributed by atoms with Crippen molar-refractivity contribution in [2.24, 2.45) is 10.9 Å². The van der Waals surface area contributed by atoms with E-state index in [1.165, 1.54) is 32.4 Å². The van der Waals surface area contributed by atoms with Gasteiger partial charge in [-0.2, -0.15) is 0 Å². The molecule has 2 aliphatic heterocycles. The van der Waals surface area contributed by atoms with Crippen LogP contribution < -0.4 is 10.6 Å². The van der Waals surface area contributed by atoms with Crippen LogP contribution in [0, 0.1) is 5.92 Å². The summed E-state index contributed by atoms with van der Waals surface area (Å²) in [5.41, 5.74) is -0.468. The average Bonchev–Trinajstić information content (AvgIpc) is 3.02. The van der Waals surface area contributed by atoms with Gasteiger partial charge in [-0.15, -0.1) is 0 Å². The number of aliphatic imine (C=N–C) groups is 1. The number of alkyl carbamates (subject to hydrolysis) is 1. The Hall–Kier alpha value is -1.50. The van der Waals surface area contributed by atoms with Crippen LogP contribution in [0.4, 0.5) is 4.79 Å². The highest BCUT2D eigenvalue weighted by Gasteiger charge is 2.28. The second kappa shape index (κ2) is 10.2. The number of carbonyl (C=O) groups is 1. The monoisotopic (exact) mass is 381 g/mol. The first-order valence-corrected chi connectivity index (χ1v) is 10.4. The molecule has 2 unspecified atom stereocenters. The van der Waals surface area contributed by atoms with Gasteiger partial charge in [0.25, 0.3) is 0 Å². The number of amides is 1. The molecule has 1 amide bonds. The number of hydrogen-bond acceptors (Lipinski definition) is 4. The van der Waals surface area contributed by atoms with Crippen LogP contribution in [0.5, 0.6) is 0 Å². The molecular formula is C20H39N5O2. The molecule has 0 aromatic rings. The Kier molecular flexibility index (Phi) is 8.20. The van der Waals surface area contributed by atoms with Gasteiger partial charge in [0.2, 0.25) is 0 Å². The maximum atomic E-state index is 12.0. The molecule has 2 heterocycles. The molecular weight excluding hydrogens is 342 g/mol. The van der Waals surface area contributed by atoms with Gasteiger partial charge in [-0.05, 0) is 59.0 Å². The number of nitrogens with one attached hydrogen (secondary N) is 2. The Bertz CT molecular complexity index is 497. The third-order valence-electron chi connectivity index (χ3n) is 5.05. The zero-order valence-electron chi connectivity index (χ0n) is 17.9. The maximum absolute atomic E-state index is 12.0. The number of likely N-dealkylation sites (tertiary alicyclic amines) is 2. The van der Waals surface area contributed by atoms with Gasteiger partial charge in [0, 0.05) is 33.2 Å². The van der Waals surface area contributed by atoms with Gasteiger partial charge in [-0.1, -0.05) is 13.3 Å². The molecule has 0 aromatic heterocycles. The van der Waals surface area contributed by atoms with Crippen molar-refractivity contribution in [3.05, 3.63) is 0 Å². The molecule has 2 fully saturated rings. The summed E-state index contributed by atoms with van der Waals surface area (Å²) in [7, 11) is 1.83. The molecule has 0 bridgehead atoms. The fourth-order valence-electron chi connectivity index (χ4n) is 3.79. The molecule has 0 saturated carbocycles. The topological polar surface area (TPSA) is 69.2 Å². The lowest BCUT2D eigenvalue weighted by atomic mass is 10.1. The third-order valence-corrected chi connectivity index (χ3v) is 5.05. The van der Waals surface area contributed by atoms with Crippen LogP contribution in [0.1, 0.15) is 53.4 Å². The van der Waals surface area contributed by atoms with Gasteiger partial charge in [0.15, 0.2) is 5.96 Å². The number of guanidine groups is 1. The van der Waals surface area contributed by atoms with E-state index in [9.17, 15) is 4.79 Å². The minimum absolute atomic E-state index is 0.101. The molecule has 7 nitrogen and oxygen atoms in total. The minimum atomic E-state index is -0.468. The van der Waals surface area contributed by atoms with Crippen molar-refractivity contribution < 1.29 is 9.53 Å². The second-order valence-corrected chi connectivity index (χ2v) is 8.97. The summed E-state index contributed by atoms with van der Waals surface area (Å²) in [5.74, 6) is 1.51. The van der Waals surface area contributed by atoms with E-state index in [0.29, 0.717) is 5.92 Å². The molecule has 2 N–H and O–H groups in total. The summed E-state index contributed by atoms with van der Waals surface area (Å²) >= 11 is 0. The van der Waals surface area contributed by atoms with Crippen LogP contribution in [0.15, 0.2) is 4.99 Å². The predicted octanol–water partition coefficient (Wildman–Crippen LogP) is 2.28. The van der Waals surface area contributed by atoms with Crippen LogP contribution >= 0.6 is 0 Å². The van der Waals surface area contributed by atoms with Crippen molar-refractivity contribution >= 4 is 12.1 Å². The van der Waals surface area contributed by atoms with Crippen LogP contribution in [-0.4, -0.2) is 79.8 Å². The van der Waals surface area contributed by atoms with E-state index in [1.54, 1.807) is 0 Å². The second-order valence-electron chi connectivity index (χ2n) is 8.97. The van der Waals surface area contributed by atoms with Gasteiger partial charge in [0.05, 0.1) is 6.04 Å². The van der Waals surface area contributed by atoms with Crippen LogP contribution in [0.25, 0.3) is 0 Å². The Morgan fingerprint density at radius 3 is 2.56 bits per heavy atom. The smallest absolute Gasteiger partial charge is 0.407 e. The molecule has 0 aromatic carbocycles. The number of nitrogens with zero attached hydrogens (tertiary/aromatic N) is 3. The van der Waals surface area contributed by atoms with E-state index < -0.39 is 5.60 Å². The Balaban J connectivity index is 1.71. The first-order chi connectivity index (χ1) is 12.8. The molecule has 27 heavy (non-hydrogen) atoms. The highest BCUT2D eigenvalue weighted by Crippen LogP contribution is 2.13. The first kappa shape index (κ1) is 21.8. The van der Waals surface area contributed by atoms with E-state index in [-0.39, 0.29) is 12.1 Å². The lowest BCUT2D eigenvalue weighted by molar-refractivity contribution is 0.0507. The zero-order chi connectivity index (χ0) is 19.9. The summed E-state index contributed by atoms with van der Waals surface area (Å²) < 4.78 is 5.35. The normalized spacial score (nSPS) is 23.2. The van der Waals surface area contributed by atoms with Crippen molar-refractivity contribution in [3.63, 3.8) is 0 Å². The van der Waals surface area contributed by atoms with Crippen LogP contribution in [0.3, 0.4) is 0 Å². The van der Waals surface area contributed by atoms with Crippen molar-refractivity contribution in [2.45, 2.75) is 65.0 Å². The lowest BCUT2D eigenvalue weighted by Gasteiger charge is -2.30. The van der Waals surface area contributed by atoms with Gasteiger partial charge >= 0.3 is 6.09 Å². The largest absolute Gasteiger partial charge is 0.444 e. The Morgan fingerprint density at radius 1 is 1.22 bits per heavy atom. The highest BCUT2D eigenvalue weighted by molar-refractivity contribution is 5.80. The zero-order valence-corrected chi connectivity index (χ0v) is 17.9. The number of ether oxygens (including phenoxy) is 1. The van der Waals surface area contributed by atoms with E-state index in [0.717, 1.165) is 38.6 Å². The summed E-state index contributed by atoms with van der Waals surface area (Å²) in [6, 6.07) is 0.101. The minimum Gasteiger partial charge on any atom is -0.444 e. The number of rotatable bonds is 5. The van der Waals surface area contributed by atoms with Crippen LogP contribution in [0.2, 0.25) is 0 Å². The molecule has 0 spiro atoms. The fraction of sp³-hybridized carbons (Fsp3) is 0.900. The lowest BCUT2D eigenvalue weighted by Crippen LogP contribution is -2.46. The summed E-state index contributed by atoms with van der Waals surface area (Å²) in [5, 5.41) is 6.49. The fourth-order valence-corrected chi connectivity index (χ4v) is 3.79. The molecule has 0 radical (unpaired) electrons. The molecule has 2 atom stereocenters. The average molecular weight is 382 g/mol. The first-order valence-electron chi connectivity index (χ1n) is 10.4. The molecule has 2 aliphatic rings. The third kappa shape index (κ3) is 7.95. The predicted molar refractivity (Wildman–Crippen MR) is 110 cm³/mol. The highest BCUT2D eigenvalue weighted by atomic mass is 16.6. The number of carbonyl (C=O) groups excluding carboxylic acids is 1. The summed E-state index contributed by atoms with van der Waals surface area (Å²) in [6.07, 6.45) is 4.61. The van der Waals surface area contributed by atoms with Crippen molar-refractivity contribution in [3.8, 4) is 0 Å². The van der Waals surface area contributed by atoms with Gasteiger partial charge < -0.3 is 25.2 Å². The van der Waals surface area contributed by atoms with Gasteiger partial charge in [-0.3, -0.25) is 4.99 Å². The molecule has 2 rings (SSSR count). The number of hydrogen-bond donors (Lipinski definition) is 2. The molecule has 156 valence electrons.